The number of nitrogens with zero attached hydrogens (tertiary/aromatic N) is 2. The summed E-state index contributed by atoms with van der Waals surface area (Å²) in [6, 6.07) is 5.45. The van der Waals surface area contributed by atoms with Crippen LogP contribution >= 0.6 is 0 Å². The van der Waals surface area contributed by atoms with E-state index >= 15 is 0 Å². The van der Waals surface area contributed by atoms with Gasteiger partial charge in [-0.1, -0.05) is 13.0 Å². The van der Waals surface area contributed by atoms with Crippen molar-refractivity contribution in [2.45, 2.75) is 39.2 Å². The third-order valence-electron chi connectivity index (χ3n) is 5.16. The Labute approximate surface area is 132 Å². The standard InChI is InChI=1S/C18H27FN2O/c1-18(14-22)8-5-9-20(13-18)12-15-16(19)6-4-7-17(15)21-10-2-3-11-21/h4,6-7,22H,2-3,5,8-14H2,1H3. The zero-order chi connectivity index (χ0) is 15.6. The summed E-state index contributed by atoms with van der Waals surface area (Å²) >= 11 is 0. The van der Waals surface area contributed by atoms with Gasteiger partial charge in [-0.25, -0.2) is 4.39 Å². The Morgan fingerprint density at radius 1 is 1.18 bits per heavy atom. The first-order valence-electron chi connectivity index (χ1n) is 8.47. The van der Waals surface area contributed by atoms with E-state index in [-0.39, 0.29) is 17.8 Å². The molecule has 2 heterocycles. The van der Waals surface area contributed by atoms with Gasteiger partial charge >= 0.3 is 0 Å². The van der Waals surface area contributed by atoms with Crippen molar-refractivity contribution >= 4 is 5.69 Å². The lowest BCUT2D eigenvalue weighted by Gasteiger charge is -2.39. The van der Waals surface area contributed by atoms with Gasteiger partial charge < -0.3 is 10.0 Å². The SMILES string of the molecule is CC1(CO)CCCN(Cc2c(F)cccc2N2CCCC2)C1. The normalized spacial score (nSPS) is 26.6. The molecule has 1 aromatic carbocycles. The van der Waals surface area contributed by atoms with Gasteiger partial charge in [-0.05, 0) is 44.4 Å². The van der Waals surface area contributed by atoms with Crippen LogP contribution in [0.25, 0.3) is 0 Å². The van der Waals surface area contributed by atoms with E-state index in [1.807, 2.05) is 6.07 Å². The Morgan fingerprint density at radius 2 is 1.95 bits per heavy atom. The smallest absolute Gasteiger partial charge is 0.129 e. The van der Waals surface area contributed by atoms with E-state index < -0.39 is 0 Å². The van der Waals surface area contributed by atoms with Crippen molar-refractivity contribution in [3.05, 3.63) is 29.6 Å². The zero-order valence-electron chi connectivity index (χ0n) is 13.5. The molecule has 2 fully saturated rings. The van der Waals surface area contributed by atoms with Crippen LogP contribution in [-0.4, -0.2) is 42.8 Å². The molecule has 2 aliphatic rings. The Morgan fingerprint density at radius 3 is 2.68 bits per heavy atom. The molecule has 2 saturated heterocycles. The van der Waals surface area contributed by atoms with Crippen LogP contribution in [0.5, 0.6) is 0 Å². The average Bonchev–Trinajstić information content (AvgIpc) is 3.04. The van der Waals surface area contributed by atoms with Gasteiger partial charge in [-0.2, -0.15) is 0 Å². The quantitative estimate of drug-likeness (QED) is 0.926. The van der Waals surface area contributed by atoms with Crippen molar-refractivity contribution in [2.75, 3.05) is 37.7 Å². The van der Waals surface area contributed by atoms with Crippen LogP contribution in [0.2, 0.25) is 0 Å². The minimum atomic E-state index is -0.0966. The number of rotatable bonds is 4. The Kier molecular flexibility index (Phi) is 4.69. The molecular formula is C18H27FN2O. The van der Waals surface area contributed by atoms with Gasteiger partial charge in [0.15, 0.2) is 0 Å². The fourth-order valence-electron chi connectivity index (χ4n) is 3.87. The molecule has 0 aromatic heterocycles. The van der Waals surface area contributed by atoms with Crippen molar-refractivity contribution in [1.82, 2.24) is 4.90 Å². The molecule has 1 aromatic rings. The molecule has 122 valence electrons. The first-order valence-corrected chi connectivity index (χ1v) is 8.47. The largest absolute Gasteiger partial charge is 0.396 e. The Hall–Kier alpha value is -1.13. The molecule has 0 aliphatic carbocycles. The minimum absolute atomic E-state index is 0.0443. The lowest BCUT2D eigenvalue weighted by Crippen LogP contribution is -2.43. The second-order valence-corrected chi connectivity index (χ2v) is 7.21. The highest BCUT2D eigenvalue weighted by molar-refractivity contribution is 5.54. The molecule has 1 N–H and O–H groups in total. The fraction of sp³-hybridized carbons (Fsp3) is 0.667. The van der Waals surface area contributed by atoms with Crippen molar-refractivity contribution in [3.63, 3.8) is 0 Å². The van der Waals surface area contributed by atoms with Gasteiger partial charge in [0.1, 0.15) is 5.82 Å². The number of halogens is 1. The predicted molar refractivity (Wildman–Crippen MR) is 87.6 cm³/mol. The number of aliphatic hydroxyl groups excluding tert-OH is 1. The second-order valence-electron chi connectivity index (χ2n) is 7.21. The maximum atomic E-state index is 14.4. The molecule has 0 saturated carbocycles. The van der Waals surface area contributed by atoms with Crippen molar-refractivity contribution in [3.8, 4) is 0 Å². The average molecular weight is 306 g/mol. The number of piperidine rings is 1. The summed E-state index contributed by atoms with van der Waals surface area (Å²) in [5.41, 5.74) is 1.84. The molecule has 0 bridgehead atoms. The monoisotopic (exact) mass is 306 g/mol. The molecule has 0 amide bonds. The third kappa shape index (κ3) is 3.28. The summed E-state index contributed by atoms with van der Waals surface area (Å²) in [4.78, 5) is 4.62. The van der Waals surface area contributed by atoms with Crippen LogP contribution in [0.3, 0.4) is 0 Å². The van der Waals surface area contributed by atoms with Crippen LogP contribution in [-0.2, 0) is 6.54 Å². The Balaban J connectivity index is 1.79. The van der Waals surface area contributed by atoms with Gasteiger partial charge in [-0.15, -0.1) is 0 Å². The zero-order valence-corrected chi connectivity index (χ0v) is 13.5. The molecule has 0 radical (unpaired) electrons. The van der Waals surface area contributed by atoms with Crippen LogP contribution in [0.15, 0.2) is 18.2 Å². The highest BCUT2D eigenvalue weighted by Crippen LogP contribution is 2.32. The lowest BCUT2D eigenvalue weighted by molar-refractivity contribution is 0.0425. The minimum Gasteiger partial charge on any atom is -0.396 e. The van der Waals surface area contributed by atoms with Crippen molar-refractivity contribution < 1.29 is 9.50 Å². The highest BCUT2D eigenvalue weighted by Gasteiger charge is 2.31. The summed E-state index contributed by atoms with van der Waals surface area (Å²) in [5.74, 6) is -0.0966. The third-order valence-corrected chi connectivity index (χ3v) is 5.16. The van der Waals surface area contributed by atoms with Crippen LogP contribution in [0, 0.1) is 11.2 Å². The van der Waals surface area contributed by atoms with Gasteiger partial charge in [-0.3, -0.25) is 4.90 Å². The van der Waals surface area contributed by atoms with Gasteiger partial charge in [0.25, 0.3) is 0 Å². The van der Waals surface area contributed by atoms with Crippen LogP contribution < -0.4 is 4.90 Å². The van der Waals surface area contributed by atoms with Crippen molar-refractivity contribution in [1.29, 1.82) is 0 Å². The van der Waals surface area contributed by atoms with E-state index in [0.29, 0.717) is 6.54 Å². The molecule has 1 atom stereocenters. The number of benzene rings is 1. The van der Waals surface area contributed by atoms with Crippen LogP contribution in [0.1, 0.15) is 38.2 Å². The highest BCUT2D eigenvalue weighted by atomic mass is 19.1. The summed E-state index contributed by atoms with van der Waals surface area (Å²) in [7, 11) is 0. The molecule has 3 nitrogen and oxygen atoms in total. The number of anilines is 1. The summed E-state index contributed by atoms with van der Waals surface area (Å²) < 4.78 is 14.4. The van der Waals surface area contributed by atoms with Gasteiger partial charge in [0.05, 0.1) is 0 Å². The van der Waals surface area contributed by atoms with E-state index in [4.69, 9.17) is 0 Å². The molecule has 22 heavy (non-hydrogen) atoms. The fourth-order valence-corrected chi connectivity index (χ4v) is 3.87. The number of hydrogen-bond acceptors (Lipinski definition) is 3. The predicted octanol–water partition coefficient (Wildman–Crippen LogP) is 3.02. The Bertz CT molecular complexity index is 516. The molecule has 2 aliphatic heterocycles. The second kappa shape index (κ2) is 6.55. The lowest BCUT2D eigenvalue weighted by atomic mass is 9.82. The molecule has 0 spiro atoms. The molecule has 1 unspecified atom stereocenters. The number of aliphatic hydroxyl groups is 1. The maximum Gasteiger partial charge on any atom is 0.129 e. The molecule has 3 rings (SSSR count). The van der Waals surface area contributed by atoms with Crippen molar-refractivity contribution in [2.24, 2.45) is 5.41 Å². The number of likely N-dealkylation sites (tertiary alicyclic amines) is 1. The maximum absolute atomic E-state index is 14.4. The van der Waals surface area contributed by atoms with E-state index in [9.17, 15) is 9.50 Å². The van der Waals surface area contributed by atoms with E-state index in [1.54, 1.807) is 6.07 Å². The summed E-state index contributed by atoms with van der Waals surface area (Å²) in [5, 5.41) is 9.61. The first kappa shape index (κ1) is 15.8. The van der Waals surface area contributed by atoms with E-state index in [2.05, 4.69) is 22.8 Å². The molecule has 4 heteroatoms. The first-order chi connectivity index (χ1) is 10.6. The van der Waals surface area contributed by atoms with E-state index in [0.717, 1.165) is 50.3 Å². The van der Waals surface area contributed by atoms with Gasteiger partial charge in [0.2, 0.25) is 0 Å². The topological polar surface area (TPSA) is 26.7 Å². The van der Waals surface area contributed by atoms with E-state index in [1.165, 1.54) is 12.8 Å². The van der Waals surface area contributed by atoms with Crippen LogP contribution in [0.4, 0.5) is 10.1 Å². The summed E-state index contributed by atoms with van der Waals surface area (Å²) in [6.45, 7) is 6.88. The van der Waals surface area contributed by atoms with Gasteiger partial charge in [0, 0.05) is 49.5 Å². The molecular weight excluding hydrogens is 279 g/mol. The summed E-state index contributed by atoms with van der Waals surface area (Å²) in [6.07, 6.45) is 4.52. The number of hydrogen-bond donors (Lipinski definition) is 1.